The summed E-state index contributed by atoms with van der Waals surface area (Å²) in [4.78, 5) is 15.5. The Bertz CT molecular complexity index is 360. The standard InChI is InChI=1S/C13H20N2O2/c1-9(2)6-10(3)8-17-13(16)12-5-4-11(14)7-15-12/h4-5,7,9-10H,6,8,14H2,1-3H3. The van der Waals surface area contributed by atoms with Crippen LogP contribution in [-0.2, 0) is 4.74 Å². The third-order valence-corrected chi connectivity index (χ3v) is 2.37. The van der Waals surface area contributed by atoms with Crippen LogP contribution in [0.15, 0.2) is 18.3 Å². The van der Waals surface area contributed by atoms with E-state index in [0.29, 0.717) is 29.8 Å². The molecule has 1 rings (SSSR count). The lowest BCUT2D eigenvalue weighted by molar-refractivity contribution is 0.0429. The van der Waals surface area contributed by atoms with Crippen LogP contribution in [0.25, 0.3) is 0 Å². The molecule has 4 nitrogen and oxygen atoms in total. The lowest BCUT2D eigenvalue weighted by Crippen LogP contribution is -2.14. The van der Waals surface area contributed by atoms with E-state index in [4.69, 9.17) is 10.5 Å². The Morgan fingerprint density at radius 3 is 2.65 bits per heavy atom. The van der Waals surface area contributed by atoms with Crippen molar-refractivity contribution in [2.75, 3.05) is 12.3 Å². The summed E-state index contributed by atoms with van der Waals surface area (Å²) in [6.07, 6.45) is 2.50. The van der Waals surface area contributed by atoms with E-state index >= 15 is 0 Å². The van der Waals surface area contributed by atoms with Gasteiger partial charge in [-0.25, -0.2) is 9.78 Å². The van der Waals surface area contributed by atoms with E-state index in [1.54, 1.807) is 12.1 Å². The van der Waals surface area contributed by atoms with Crippen LogP contribution in [0.3, 0.4) is 0 Å². The molecule has 0 saturated heterocycles. The molecule has 1 unspecified atom stereocenters. The maximum absolute atomic E-state index is 11.6. The van der Waals surface area contributed by atoms with Gasteiger partial charge in [-0.2, -0.15) is 0 Å². The van der Waals surface area contributed by atoms with Crippen molar-refractivity contribution in [2.24, 2.45) is 11.8 Å². The van der Waals surface area contributed by atoms with Crippen LogP contribution in [0, 0.1) is 11.8 Å². The van der Waals surface area contributed by atoms with Gasteiger partial charge in [-0.05, 0) is 30.4 Å². The topological polar surface area (TPSA) is 65.2 Å². The van der Waals surface area contributed by atoms with Crippen molar-refractivity contribution in [2.45, 2.75) is 27.2 Å². The van der Waals surface area contributed by atoms with Crippen LogP contribution in [-0.4, -0.2) is 17.6 Å². The Kier molecular flexibility index (Phi) is 4.94. The number of hydrogen-bond donors (Lipinski definition) is 1. The molecule has 1 atom stereocenters. The number of esters is 1. The molecule has 2 N–H and O–H groups in total. The van der Waals surface area contributed by atoms with Crippen LogP contribution in [0.2, 0.25) is 0 Å². The largest absolute Gasteiger partial charge is 0.461 e. The number of nitrogens with two attached hydrogens (primary N) is 1. The van der Waals surface area contributed by atoms with Gasteiger partial charge in [-0.15, -0.1) is 0 Å². The number of carbonyl (C=O) groups is 1. The Morgan fingerprint density at radius 2 is 2.12 bits per heavy atom. The van der Waals surface area contributed by atoms with E-state index in [-0.39, 0.29) is 5.97 Å². The third-order valence-electron chi connectivity index (χ3n) is 2.37. The highest BCUT2D eigenvalue weighted by molar-refractivity contribution is 5.87. The fourth-order valence-electron chi connectivity index (χ4n) is 1.69. The molecule has 0 aliphatic rings. The fourth-order valence-corrected chi connectivity index (χ4v) is 1.69. The number of nitrogen functional groups attached to an aromatic ring is 1. The Hall–Kier alpha value is -1.58. The number of rotatable bonds is 5. The minimum atomic E-state index is -0.388. The van der Waals surface area contributed by atoms with E-state index in [2.05, 4.69) is 25.8 Å². The zero-order valence-electron chi connectivity index (χ0n) is 10.6. The zero-order chi connectivity index (χ0) is 12.8. The van der Waals surface area contributed by atoms with Crippen molar-refractivity contribution in [3.8, 4) is 0 Å². The molecule has 0 fully saturated rings. The average molecular weight is 236 g/mol. The maximum atomic E-state index is 11.6. The van der Waals surface area contributed by atoms with E-state index in [0.717, 1.165) is 6.42 Å². The van der Waals surface area contributed by atoms with Crippen molar-refractivity contribution in [1.82, 2.24) is 4.98 Å². The molecule has 0 amide bonds. The number of pyridine rings is 1. The number of carbonyl (C=O) groups excluding carboxylic acids is 1. The summed E-state index contributed by atoms with van der Waals surface area (Å²) >= 11 is 0. The van der Waals surface area contributed by atoms with Gasteiger partial charge >= 0.3 is 5.97 Å². The quantitative estimate of drug-likeness (QED) is 0.798. The van der Waals surface area contributed by atoms with Crippen molar-refractivity contribution in [1.29, 1.82) is 0 Å². The molecule has 0 aromatic carbocycles. The molecule has 0 aliphatic heterocycles. The Balaban J connectivity index is 2.42. The van der Waals surface area contributed by atoms with Gasteiger partial charge in [0.25, 0.3) is 0 Å². The first-order chi connectivity index (χ1) is 7.99. The summed E-state index contributed by atoms with van der Waals surface area (Å²) in [6, 6.07) is 3.21. The maximum Gasteiger partial charge on any atom is 0.356 e. The molecule has 4 heteroatoms. The highest BCUT2D eigenvalue weighted by Crippen LogP contribution is 2.12. The summed E-state index contributed by atoms with van der Waals surface area (Å²) < 4.78 is 5.19. The molecule has 0 spiro atoms. The van der Waals surface area contributed by atoms with Crippen molar-refractivity contribution >= 4 is 11.7 Å². The number of aromatic nitrogens is 1. The second kappa shape index (κ2) is 6.23. The molecule has 0 bridgehead atoms. The van der Waals surface area contributed by atoms with Crippen LogP contribution >= 0.6 is 0 Å². The third kappa shape index (κ3) is 4.85. The van der Waals surface area contributed by atoms with E-state index in [1.165, 1.54) is 6.20 Å². The number of anilines is 1. The molecule has 0 saturated carbocycles. The van der Waals surface area contributed by atoms with Crippen LogP contribution in [0.4, 0.5) is 5.69 Å². The van der Waals surface area contributed by atoms with Gasteiger partial charge in [0.2, 0.25) is 0 Å². The molecule has 17 heavy (non-hydrogen) atoms. The molecular formula is C13H20N2O2. The summed E-state index contributed by atoms with van der Waals surface area (Å²) in [6.45, 7) is 6.81. The van der Waals surface area contributed by atoms with Gasteiger partial charge in [-0.3, -0.25) is 0 Å². The Labute approximate surface area is 102 Å². The summed E-state index contributed by atoms with van der Waals surface area (Å²) in [5, 5.41) is 0. The SMILES string of the molecule is CC(C)CC(C)COC(=O)c1ccc(N)cn1. The van der Waals surface area contributed by atoms with E-state index in [9.17, 15) is 4.79 Å². The van der Waals surface area contributed by atoms with Gasteiger partial charge in [0.1, 0.15) is 5.69 Å². The second-order valence-corrected chi connectivity index (χ2v) is 4.81. The monoisotopic (exact) mass is 236 g/mol. The molecule has 94 valence electrons. The average Bonchev–Trinajstić information content (AvgIpc) is 2.26. The molecular weight excluding hydrogens is 216 g/mol. The summed E-state index contributed by atoms with van der Waals surface area (Å²) in [5.41, 5.74) is 6.33. The molecule has 1 aromatic rings. The lowest BCUT2D eigenvalue weighted by atomic mass is 10.00. The number of nitrogens with zero attached hydrogens (tertiary/aromatic N) is 1. The summed E-state index contributed by atoms with van der Waals surface area (Å²) in [5.74, 6) is 0.590. The fraction of sp³-hybridized carbons (Fsp3) is 0.538. The summed E-state index contributed by atoms with van der Waals surface area (Å²) in [7, 11) is 0. The normalized spacial score (nSPS) is 12.5. The molecule has 0 aliphatic carbocycles. The van der Waals surface area contributed by atoms with Gasteiger partial charge in [0.05, 0.1) is 18.5 Å². The van der Waals surface area contributed by atoms with Gasteiger partial charge in [0, 0.05) is 0 Å². The van der Waals surface area contributed by atoms with E-state index in [1.807, 2.05) is 0 Å². The van der Waals surface area contributed by atoms with Gasteiger partial charge < -0.3 is 10.5 Å². The first-order valence-electron chi connectivity index (χ1n) is 5.87. The highest BCUT2D eigenvalue weighted by Gasteiger charge is 2.11. The minimum Gasteiger partial charge on any atom is -0.461 e. The smallest absolute Gasteiger partial charge is 0.356 e. The van der Waals surface area contributed by atoms with Gasteiger partial charge in [-0.1, -0.05) is 20.8 Å². The molecule has 1 heterocycles. The van der Waals surface area contributed by atoms with Gasteiger partial charge in [0.15, 0.2) is 0 Å². The predicted octanol–water partition coefficient (Wildman–Crippen LogP) is 2.50. The molecule has 0 radical (unpaired) electrons. The van der Waals surface area contributed by atoms with E-state index < -0.39 is 0 Å². The van der Waals surface area contributed by atoms with Crippen LogP contribution < -0.4 is 5.73 Å². The zero-order valence-corrected chi connectivity index (χ0v) is 10.6. The number of ether oxygens (including phenoxy) is 1. The first-order valence-corrected chi connectivity index (χ1v) is 5.87. The first kappa shape index (κ1) is 13.5. The Morgan fingerprint density at radius 1 is 1.41 bits per heavy atom. The lowest BCUT2D eigenvalue weighted by Gasteiger charge is -2.13. The number of hydrogen-bond acceptors (Lipinski definition) is 4. The second-order valence-electron chi connectivity index (χ2n) is 4.81. The van der Waals surface area contributed by atoms with Crippen molar-refractivity contribution < 1.29 is 9.53 Å². The minimum absolute atomic E-state index is 0.302. The molecule has 1 aromatic heterocycles. The van der Waals surface area contributed by atoms with Crippen LogP contribution in [0.1, 0.15) is 37.7 Å². The highest BCUT2D eigenvalue weighted by atomic mass is 16.5. The predicted molar refractivity (Wildman–Crippen MR) is 67.6 cm³/mol. The van der Waals surface area contributed by atoms with Crippen molar-refractivity contribution in [3.63, 3.8) is 0 Å². The van der Waals surface area contributed by atoms with Crippen LogP contribution in [0.5, 0.6) is 0 Å². The van der Waals surface area contributed by atoms with Crippen molar-refractivity contribution in [3.05, 3.63) is 24.0 Å².